The van der Waals surface area contributed by atoms with E-state index in [1.54, 1.807) is 24.7 Å². The predicted octanol–water partition coefficient (Wildman–Crippen LogP) is 1.18. The molecule has 5 atom stereocenters. The molecule has 0 amide bonds. The van der Waals surface area contributed by atoms with Crippen molar-refractivity contribution < 1.29 is 18.9 Å². The molecule has 49 heavy (non-hydrogen) atoms. The third-order valence-corrected chi connectivity index (χ3v) is 8.86. The largest absolute Gasteiger partial charge is 0.374 e. The highest BCUT2D eigenvalue weighted by Crippen LogP contribution is 2.51. The first-order chi connectivity index (χ1) is 23.7. The second kappa shape index (κ2) is 13.4. The number of aromatic nitrogens is 7. The van der Waals surface area contributed by atoms with E-state index < -0.39 is 52.6 Å². The minimum Gasteiger partial charge on any atom is -0.374 e. The van der Waals surface area contributed by atoms with Crippen molar-refractivity contribution in [2.45, 2.75) is 70.3 Å². The monoisotopic (exact) mass is 669 g/mol. The Morgan fingerprint density at radius 3 is 2.20 bits per heavy atom. The van der Waals surface area contributed by atoms with Gasteiger partial charge in [-0.05, 0) is 25.0 Å². The van der Waals surface area contributed by atoms with Crippen molar-refractivity contribution in [2.24, 2.45) is 0 Å². The van der Waals surface area contributed by atoms with E-state index in [1.165, 1.54) is 21.5 Å². The average Bonchev–Trinajstić information content (AvgIpc) is 3.75. The van der Waals surface area contributed by atoms with Crippen molar-refractivity contribution in [2.75, 3.05) is 6.61 Å². The number of aromatic amines is 2. The van der Waals surface area contributed by atoms with Crippen LogP contribution in [-0.2, 0) is 45.3 Å². The molecule has 0 aliphatic carbocycles. The summed E-state index contributed by atoms with van der Waals surface area (Å²) in [6.07, 6.45) is 1.57. The smallest absolute Gasteiger partial charge is 0.330 e. The fourth-order valence-corrected chi connectivity index (χ4v) is 6.37. The van der Waals surface area contributed by atoms with Crippen molar-refractivity contribution in [3.8, 4) is 0 Å². The average molecular weight is 670 g/mol. The van der Waals surface area contributed by atoms with Crippen LogP contribution in [0.5, 0.6) is 0 Å². The number of aryl methyl sites for hydroxylation is 2. The van der Waals surface area contributed by atoms with Crippen LogP contribution in [0.2, 0.25) is 0 Å². The molecule has 0 spiro atoms. The third kappa shape index (κ3) is 6.48. The number of H-pyrrole nitrogens is 2. The van der Waals surface area contributed by atoms with Gasteiger partial charge in [-0.1, -0.05) is 65.9 Å². The van der Waals surface area contributed by atoms with Crippen LogP contribution in [0.3, 0.4) is 0 Å². The van der Waals surface area contributed by atoms with Crippen molar-refractivity contribution in [1.82, 2.24) is 34.1 Å². The highest BCUT2D eigenvalue weighted by molar-refractivity contribution is 5.18. The standard InChI is InChI=1S/C34H35N7O8/c1-21-13-39(32(44)35-29(21)42)15-25-16-40(38-37-25)17-26-34(20-46-18-23-9-5-3-6-10-23)28(47-19-24-11-7-4-8-12-24)27(48-26)31(49-34)41-14-22(2)30(43)36-33(41)45/h3-14,16,26-28,31H,15,17-20H2,1-2H3,(H,35,42,44)(H,36,43,45)/t26-,27?,28+,31-,34+/m1/s1. The Kier molecular flexibility index (Phi) is 8.81. The first-order valence-electron chi connectivity index (χ1n) is 15.8. The Bertz CT molecular complexity index is 2170. The van der Waals surface area contributed by atoms with Crippen molar-refractivity contribution in [1.29, 1.82) is 0 Å². The lowest BCUT2D eigenvalue weighted by molar-refractivity contribution is -0.234. The molecule has 15 heteroatoms. The molecule has 15 nitrogen and oxygen atoms in total. The zero-order valence-electron chi connectivity index (χ0n) is 26.9. The summed E-state index contributed by atoms with van der Waals surface area (Å²) in [6.45, 7) is 4.07. The van der Waals surface area contributed by atoms with Crippen molar-refractivity contribution >= 4 is 0 Å². The van der Waals surface area contributed by atoms with Crippen LogP contribution in [0.15, 0.2) is 98.4 Å². The molecule has 0 radical (unpaired) electrons. The topological polar surface area (TPSA) is 177 Å². The molecule has 3 aromatic heterocycles. The Morgan fingerprint density at radius 2 is 1.49 bits per heavy atom. The lowest BCUT2D eigenvalue weighted by atomic mass is 9.92. The number of rotatable bonds is 12. The van der Waals surface area contributed by atoms with Crippen LogP contribution in [-0.4, -0.2) is 64.6 Å². The molecule has 7 rings (SSSR count). The summed E-state index contributed by atoms with van der Waals surface area (Å²) in [5.74, 6) is 0. The van der Waals surface area contributed by atoms with Gasteiger partial charge in [-0.3, -0.25) is 28.7 Å². The molecule has 2 aromatic carbocycles. The van der Waals surface area contributed by atoms with Gasteiger partial charge >= 0.3 is 11.4 Å². The van der Waals surface area contributed by atoms with Gasteiger partial charge in [-0.15, -0.1) is 5.10 Å². The van der Waals surface area contributed by atoms with E-state index in [1.807, 2.05) is 60.7 Å². The summed E-state index contributed by atoms with van der Waals surface area (Å²) in [5, 5.41) is 8.53. The van der Waals surface area contributed by atoms with Crippen LogP contribution < -0.4 is 22.5 Å². The van der Waals surface area contributed by atoms with Crippen LogP contribution in [0.4, 0.5) is 0 Å². The highest BCUT2D eigenvalue weighted by Gasteiger charge is 2.68. The van der Waals surface area contributed by atoms with E-state index in [2.05, 4.69) is 20.3 Å². The second-order valence-electron chi connectivity index (χ2n) is 12.4. The number of nitrogens with one attached hydrogen (secondary N) is 2. The first-order valence-corrected chi connectivity index (χ1v) is 15.8. The van der Waals surface area contributed by atoms with Gasteiger partial charge in [0.2, 0.25) is 0 Å². The summed E-state index contributed by atoms with van der Waals surface area (Å²) >= 11 is 0. The molecular weight excluding hydrogens is 634 g/mol. The highest BCUT2D eigenvalue weighted by atomic mass is 16.7. The van der Waals surface area contributed by atoms with E-state index in [0.29, 0.717) is 16.8 Å². The molecule has 2 aliphatic rings. The van der Waals surface area contributed by atoms with Gasteiger partial charge in [0.05, 0.1) is 39.1 Å². The Hall–Kier alpha value is -5.22. The molecule has 2 N–H and O–H groups in total. The van der Waals surface area contributed by atoms with Crippen LogP contribution >= 0.6 is 0 Å². The maximum absolute atomic E-state index is 13.1. The van der Waals surface area contributed by atoms with Crippen LogP contribution in [0, 0.1) is 13.8 Å². The van der Waals surface area contributed by atoms with E-state index in [9.17, 15) is 19.2 Å². The van der Waals surface area contributed by atoms with Gasteiger partial charge in [-0.25, -0.2) is 14.3 Å². The maximum Gasteiger partial charge on any atom is 0.330 e. The van der Waals surface area contributed by atoms with Crippen LogP contribution in [0.25, 0.3) is 0 Å². The lowest BCUT2D eigenvalue weighted by Gasteiger charge is -2.38. The Balaban J connectivity index is 1.21. The van der Waals surface area contributed by atoms with E-state index in [0.717, 1.165) is 11.1 Å². The summed E-state index contributed by atoms with van der Waals surface area (Å²) in [5.41, 5.74) is -0.224. The van der Waals surface area contributed by atoms with Gasteiger partial charge in [-0.2, -0.15) is 0 Å². The second-order valence-corrected chi connectivity index (χ2v) is 12.4. The number of fused-ring (bicyclic) bond motifs is 2. The molecular formula is C34H35N7O8. The Labute approximate surface area is 278 Å². The third-order valence-electron chi connectivity index (χ3n) is 8.86. The predicted molar refractivity (Wildman–Crippen MR) is 174 cm³/mol. The summed E-state index contributed by atoms with van der Waals surface area (Å²) in [4.78, 5) is 54.1. The summed E-state index contributed by atoms with van der Waals surface area (Å²) < 4.78 is 30.6. The van der Waals surface area contributed by atoms with E-state index in [-0.39, 0.29) is 32.9 Å². The van der Waals surface area contributed by atoms with Gasteiger partial charge in [0, 0.05) is 23.5 Å². The molecule has 1 unspecified atom stereocenters. The number of hydrogen-bond acceptors (Lipinski definition) is 10. The quantitative estimate of drug-likeness (QED) is 0.196. The lowest BCUT2D eigenvalue weighted by Crippen LogP contribution is -2.54. The Morgan fingerprint density at radius 1 is 0.837 bits per heavy atom. The fraction of sp³-hybridized carbons (Fsp3) is 0.353. The summed E-state index contributed by atoms with van der Waals surface area (Å²) in [7, 11) is 0. The summed E-state index contributed by atoms with van der Waals surface area (Å²) in [6, 6.07) is 19.4. The SMILES string of the molecule is Cc1cn(Cc2cn(C[C@H]3OC4[C@H](n5cc(C)c(=O)[nH]c5=O)O[C@]3(COCc3ccccc3)[C@H]4OCc3ccccc3)nn2)c(=O)[nH]c1=O. The van der Waals surface area contributed by atoms with Gasteiger partial charge in [0.1, 0.15) is 24.0 Å². The molecule has 2 saturated heterocycles. The fourth-order valence-electron chi connectivity index (χ4n) is 6.37. The zero-order chi connectivity index (χ0) is 34.1. The number of benzene rings is 2. The normalized spacial score (nSPS) is 22.9. The van der Waals surface area contributed by atoms with Crippen molar-refractivity contribution in [3.05, 3.63) is 149 Å². The molecule has 2 bridgehead atoms. The number of hydrogen-bond donors (Lipinski definition) is 2. The van der Waals surface area contributed by atoms with E-state index in [4.69, 9.17) is 18.9 Å². The van der Waals surface area contributed by atoms with Crippen LogP contribution in [0.1, 0.15) is 34.2 Å². The number of nitrogens with zero attached hydrogens (tertiary/aromatic N) is 5. The minimum absolute atomic E-state index is 0.0453. The van der Waals surface area contributed by atoms with Gasteiger partial charge in [0.15, 0.2) is 11.8 Å². The number of ether oxygens (including phenoxy) is 4. The van der Waals surface area contributed by atoms with Crippen molar-refractivity contribution in [3.63, 3.8) is 0 Å². The molecule has 254 valence electrons. The van der Waals surface area contributed by atoms with E-state index >= 15 is 0 Å². The molecule has 2 aliphatic heterocycles. The zero-order valence-corrected chi connectivity index (χ0v) is 26.9. The first kappa shape index (κ1) is 32.3. The molecule has 5 aromatic rings. The molecule has 5 heterocycles. The molecule has 0 saturated carbocycles. The molecule has 2 fully saturated rings. The van der Waals surface area contributed by atoms with Gasteiger partial charge in [0.25, 0.3) is 11.1 Å². The minimum atomic E-state index is -1.22. The van der Waals surface area contributed by atoms with Gasteiger partial charge < -0.3 is 18.9 Å². The maximum atomic E-state index is 13.1.